The summed E-state index contributed by atoms with van der Waals surface area (Å²) in [6.07, 6.45) is 4.27. The fourth-order valence-corrected chi connectivity index (χ4v) is 2.76. The molecule has 0 aromatic carbocycles. The summed E-state index contributed by atoms with van der Waals surface area (Å²) in [6, 6.07) is 2.95. The molecule has 7 heteroatoms. The van der Waals surface area contributed by atoms with E-state index < -0.39 is 15.3 Å². The molecule has 0 radical (unpaired) electrons. The summed E-state index contributed by atoms with van der Waals surface area (Å²) in [4.78, 5) is 16.1. The van der Waals surface area contributed by atoms with Gasteiger partial charge in [-0.25, -0.2) is 13.4 Å². The number of pyridine rings is 1. The number of nitrogens with zero attached hydrogens (tertiary/aromatic N) is 1. The second kappa shape index (κ2) is 5.49. The molecule has 1 aliphatic heterocycles. The van der Waals surface area contributed by atoms with Crippen molar-refractivity contribution < 1.29 is 13.2 Å². The maximum absolute atomic E-state index is 12.3. The minimum Gasteiger partial charge on any atom is -0.324 e. The van der Waals surface area contributed by atoms with Crippen LogP contribution in [-0.2, 0) is 14.6 Å². The molecule has 0 saturated carbocycles. The van der Waals surface area contributed by atoms with E-state index in [0.29, 0.717) is 12.2 Å². The lowest BCUT2D eigenvalue weighted by atomic mass is 9.82. The highest BCUT2D eigenvalue weighted by Gasteiger charge is 2.34. The Labute approximate surface area is 118 Å². The van der Waals surface area contributed by atoms with Gasteiger partial charge in [-0.3, -0.25) is 4.79 Å². The zero-order valence-electron chi connectivity index (χ0n) is 11.6. The zero-order chi connectivity index (χ0) is 14.8. The van der Waals surface area contributed by atoms with Crippen molar-refractivity contribution in [2.75, 3.05) is 24.7 Å². The van der Waals surface area contributed by atoms with Crippen molar-refractivity contribution in [3.05, 3.63) is 18.3 Å². The number of amides is 1. The highest BCUT2D eigenvalue weighted by atomic mass is 32.2. The Bertz CT molecular complexity index is 590. The summed E-state index contributed by atoms with van der Waals surface area (Å²) >= 11 is 0. The van der Waals surface area contributed by atoms with Gasteiger partial charge in [0.25, 0.3) is 0 Å². The van der Waals surface area contributed by atoms with E-state index in [0.717, 1.165) is 25.6 Å². The summed E-state index contributed by atoms with van der Waals surface area (Å²) in [5.74, 6) is -0.0707. The number of hydrogen-bond acceptors (Lipinski definition) is 5. The van der Waals surface area contributed by atoms with E-state index in [1.165, 1.54) is 12.3 Å². The van der Waals surface area contributed by atoms with Crippen molar-refractivity contribution in [2.45, 2.75) is 24.8 Å². The molecule has 0 bridgehead atoms. The number of anilines is 1. The molecule has 2 N–H and O–H groups in total. The molecular formula is C13H19N3O3S. The van der Waals surface area contributed by atoms with Crippen molar-refractivity contribution >= 4 is 21.4 Å². The van der Waals surface area contributed by atoms with Gasteiger partial charge in [0.2, 0.25) is 5.91 Å². The molecule has 20 heavy (non-hydrogen) atoms. The highest BCUT2D eigenvalue weighted by molar-refractivity contribution is 7.90. The Morgan fingerprint density at radius 3 is 2.70 bits per heavy atom. The second-order valence-corrected chi connectivity index (χ2v) is 7.41. The first-order chi connectivity index (χ1) is 9.31. The topological polar surface area (TPSA) is 88.2 Å². The Morgan fingerprint density at radius 1 is 1.45 bits per heavy atom. The van der Waals surface area contributed by atoms with Crippen LogP contribution in [-0.4, -0.2) is 38.7 Å². The van der Waals surface area contributed by atoms with Crippen LogP contribution in [0.5, 0.6) is 0 Å². The summed E-state index contributed by atoms with van der Waals surface area (Å²) in [6.45, 7) is 3.51. The SMILES string of the molecule is CC1(C(=O)Nc2ccc(S(C)(=O)=O)nc2)CCCNC1. The molecule has 1 fully saturated rings. The van der Waals surface area contributed by atoms with Crippen LogP contribution in [0, 0.1) is 5.41 Å². The van der Waals surface area contributed by atoms with Crippen LogP contribution in [0.2, 0.25) is 0 Å². The minimum atomic E-state index is -3.31. The average Bonchev–Trinajstić information content (AvgIpc) is 2.39. The molecule has 2 heterocycles. The minimum absolute atomic E-state index is 0.000966. The third-order valence-electron chi connectivity index (χ3n) is 3.52. The van der Waals surface area contributed by atoms with Crippen LogP contribution in [0.25, 0.3) is 0 Å². The number of rotatable bonds is 3. The first kappa shape index (κ1) is 14.9. The Hall–Kier alpha value is -1.47. The molecule has 1 amide bonds. The van der Waals surface area contributed by atoms with E-state index in [4.69, 9.17) is 0 Å². The third kappa shape index (κ3) is 3.34. The fourth-order valence-electron chi connectivity index (χ4n) is 2.21. The molecule has 1 aliphatic rings. The molecule has 6 nitrogen and oxygen atoms in total. The van der Waals surface area contributed by atoms with Gasteiger partial charge in [-0.2, -0.15) is 0 Å². The summed E-state index contributed by atoms with van der Waals surface area (Å²) in [5, 5.41) is 6.01. The Balaban J connectivity index is 2.08. The molecule has 110 valence electrons. The van der Waals surface area contributed by atoms with Gasteiger partial charge in [-0.1, -0.05) is 0 Å². The Morgan fingerprint density at radius 2 is 2.20 bits per heavy atom. The molecule has 2 rings (SSSR count). The molecule has 0 aliphatic carbocycles. The fraction of sp³-hybridized carbons (Fsp3) is 0.538. The van der Waals surface area contributed by atoms with Crippen molar-refractivity contribution in [3.8, 4) is 0 Å². The van der Waals surface area contributed by atoms with Gasteiger partial charge < -0.3 is 10.6 Å². The second-order valence-electron chi connectivity index (χ2n) is 5.45. The predicted octanol–water partition coefficient (Wildman–Crippen LogP) is 0.813. The monoisotopic (exact) mass is 297 g/mol. The quantitative estimate of drug-likeness (QED) is 0.862. The van der Waals surface area contributed by atoms with Crippen LogP contribution in [0.3, 0.4) is 0 Å². The normalized spacial score (nSPS) is 23.3. The third-order valence-corrected chi connectivity index (χ3v) is 4.52. The summed E-state index contributed by atoms with van der Waals surface area (Å²) < 4.78 is 22.6. The van der Waals surface area contributed by atoms with E-state index in [2.05, 4.69) is 15.6 Å². The average molecular weight is 297 g/mol. The van der Waals surface area contributed by atoms with Crippen LogP contribution < -0.4 is 10.6 Å². The molecule has 1 aromatic rings. The van der Waals surface area contributed by atoms with E-state index >= 15 is 0 Å². The van der Waals surface area contributed by atoms with Crippen LogP contribution in [0.4, 0.5) is 5.69 Å². The number of aromatic nitrogens is 1. The van der Waals surface area contributed by atoms with Crippen LogP contribution in [0.1, 0.15) is 19.8 Å². The number of piperidine rings is 1. The summed E-state index contributed by atoms with van der Waals surface area (Å²) in [5.41, 5.74) is 0.0718. The highest BCUT2D eigenvalue weighted by Crippen LogP contribution is 2.27. The maximum atomic E-state index is 12.3. The smallest absolute Gasteiger partial charge is 0.231 e. The van der Waals surface area contributed by atoms with Crippen molar-refractivity contribution in [1.29, 1.82) is 0 Å². The van der Waals surface area contributed by atoms with Crippen molar-refractivity contribution in [2.24, 2.45) is 5.41 Å². The maximum Gasteiger partial charge on any atom is 0.231 e. The number of nitrogens with one attached hydrogen (secondary N) is 2. The predicted molar refractivity (Wildman–Crippen MR) is 76.2 cm³/mol. The lowest BCUT2D eigenvalue weighted by Gasteiger charge is -2.32. The molecule has 1 aromatic heterocycles. The molecule has 1 saturated heterocycles. The van der Waals surface area contributed by atoms with Gasteiger partial charge in [-0.15, -0.1) is 0 Å². The lowest BCUT2D eigenvalue weighted by molar-refractivity contribution is -0.125. The van der Waals surface area contributed by atoms with Gasteiger partial charge in [0.15, 0.2) is 14.9 Å². The number of hydrogen-bond donors (Lipinski definition) is 2. The van der Waals surface area contributed by atoms with Crippen molar-refractivity contribution in [3.63, 3.8) is 0 Å². The van der Waals surface area contributed by atoms with Crippen LogP contribution in [0.15, 0.2) is 23.4 Å². The van der Waals surface area contributed by atoms with E-state index in [-0.39, 0.29) is 10.9 Å². The van der Waals surface area contributed by atoms with E-state index in [1.807, 2.05) is 6.92 Å². The van der Waals surface area contributed by atoms with Gasteiger partial charge >= 0.3 is 0 Å². The molecular weight excluding hydrogens is 278 g/mol. The van der Waals surface area contributed by atoms with Gasteiger partial charge in [-0.05, 0) is 38.4 Å². The molecule has 1 atom stereocenters. The summed E-state index contributed by atoms with van der Waals surface area (Å²) in [7, 11) is -3.31. The van der Waals surface area contributed by atoms with Gasteiger partial charge in [0.05, 0.1) is 17.3 Å². The molecule has 1 unspecified atom stereocenters. The van der Waals surface area contributed by atoms with Crippen molar-refractivity contribution in [1.82, 2.24) is 10.3 Å². The zero-order valence-corrected chi connectivity index (χ0v) is 12.5. The lowest BCUT2D eigenvalue weighted by Crippen LogP contribution is -2.46. The number of carbonyl (C=O) groups is 1. The number of carbonyl (C=O) groups excluding carboxylic acids is 1. The first-order valence-electron chi connectivity index (χ1n) is 6.50. The number of sulfone groups is 1. The standard InChI is InChI=1S/C13H19N3O3S/c1-13(6-3-7-14-9-13)12(17)16-10-4-5-11(15-8-10)20(2,18)19/h4-5,8,14H,3,6-7,9H2,1-2H3,(H,16,17). The molecule has 0 spiro atoms. The van der Waals surface area contributed by atoms with E-state index in [9.17, 15) is 13.2 Å². The largest absolute Gasteiger partial charge is 0.324 e. The van der Waals surface area contributed by atoms with Gasteiger partial charge in [0.1, 0.15) is 0 Å². The Kier molecular flexibility index (Phi) is 4.10. The van der Waals surface area contributed by atoms with E-state index in [1.54, 1.807) is 6.07 Å². The first-order valence-corrected chi connectivity index (χ1v) is 8.39. The van der Waals surface area contributed by atoms with Gasteiger partial charge in [0, 0.05) is 12.8 Å². The van der Waals surface area contributed by atoms with Crippen LogP contribution >= 0.6 is 0 Å².